The standard InChI is InChI=1S/C6H3Br2NS/c7-5-3-4(1-2-9)6(8)10-5/h3H,1H2. The first kappa shape index (κ1) is 8.25. The van der Waals surface area contributed by atoms with Gasteiger partial charge in [-0.05, 0) is 43.5 Å². The second-order valence-electron chi connectivity index (χ2n) is 1.68. The minimum Gasteiger partial charge on any atom is -0.198 e. The van der Waals surface area contributed by atoms with Gasteiger partial charge in [-0.15, -0.1) is 11.3 Å². The van der Waals surface area contributed by atoms with Gasteiger partial charge in [-0.2, -0.15) is 5.26 Å². The minimum atomic E-state index is 0.475. The highest BCUT2D eigenvalue weighted by Crippen LogP contribution is 2.31. The highest BCUT2D eigenvalue weighted by Gasteiger charge is 2.02. The molecule has 0 unspecified atom stereocenters. The summed E-state index contributed by atoms with van der Waals surface area (Å²) >= 11 is 8.28. The number of nitrogens with zero attached hydrogens (tertiary/aromatic N) is 1. The molecule has 1 aromatic heterocycles. The number of hydrogen-bond acceptors (Lipinski definition) is 2. The second kappa shape index (κ2) is 3.51. The molecule has 0 fully saturated rings. The van der Waals surface area contributed by atoms with Crippen molar-refractivity contribution in [3.8, 4) is 6.07 Å². The molecule has 1 rings (SSSR count). The molecule has 1 aromatic rings. The van der Waals surface area contributed by atoms with Gasteiger partial charge >= 0.3 is 0 Å². The molecule has 0 aliphatic heterocycles. The summed E-state index contributed by atoms with van der Waals surface area (Å²) in [6, 6.07) is 4.05. The number of rotatable bonds is 1. The molecule has 1 heterocycles. The molecule has 0 bridgehead atoms. The van der Waals surface area contributed by atoms with Crippen LogP contribution in [0.25, 0.3) is 0 Å². The van der Waals surface area contributed by atoms with Crippen LogP contribution >= 0.6 is 43.2 Å². The fourth-order valence-corrected chi connectivity index (χ4v) is 3.41. The first-order valence-corrected chi connectivity index (χ1v) is 4.95. The Labute approximate surface area is 79.9 Å². The molecule has 0 atom stereocenters. The van der Waals surface area contributed by atoms with Crippen LogP contribution < -0.4 is 0 Å². The summed E-state index contributed by atoms with van der Waals surface area (Å²) in [5, 5.41) is 8.37. The third kappa shape index (κ3) is 1.82. The van der Waals surface area contributed by atoms with E-state index in [1.807, 2.05) is 6.07 Å². The van der Waals surface area contributed by atoms with Crippen LogP contribution in [-0.2, 0) is 6.42 Å². The molecule has 0 aliphatic carbocycles. The summed E-state index contributed by atoms with van der Waals surface area (Å²) < 4.78 is 2.10. The van der Waals surface area contributed by atoms with Gasteiger partial charge in [0.1, 0.15) is 0 Å². The Kier molecular flexibility index (Phi) is 2.90. The molecule has 0 spiro atoms. The van der Waals surface area contributed by atoms with Crippen molar-refractivity contribution in [2.24, 2.45) is 0 Å². The average Bonchev–Trinajstić information content (AvgIpc) is 2.13. The normalized spacial score (nSPS) is 9.30. The highest BCUT2D eigenvalue weighted by atomic mass is 79.9. The summed E-state index contributed by atoms with van der Waals surface area (Å²) in [5.74, 6) is 0. The lowest BCUT2D eigenvalue weighted by molar-refractivity contribution is 1.27. The topological polar surface area (TPSA) is 23.8 Å². The van der Waals surface area contributed by atoms with Crippen molar-refractivity contribution >= 4 is 43.2 Å². The van der Waals surface area contributed by atoms with E-state index in [-0.39, 0.29) is 0 Å². The van der Waals surface area contributed by atoms with Crippen LogP contribution in [0.1, 0.15) is 5.56 Å². The lowest BCUT2D eigenvalue weighted by Gasteiger charge is -1.83. The lowest BCUT2D eigenvalue weighted by atomic mass is 10.3. The molecular formula is C6H3Br2NS. The van der Waals surface area contributed by atoms with E-state index in [2.05, 4.69) is 37.9 Å². The van der Waals surface area contributed by atoms with Crippen LogP contribution in [0, 0.1) is 11.3 Å². The van der Waals surface area contributed by atoms with Crippen molar-refractivity contribution in [3.05, 3.63) is 19.2 Å². The van der Waals surface area contributed by atoms with Crippen LogP contribution in [0.15, 0.2) is 13.6 Å². The van der Waals surface area contributed by atoms with E-state index >= 15 is 0 Å². The largest absolute Gasteiger partial charge is 0.198 e. The quantitative estimate of drug-likeness (QED) is 0.774. The molecule has 4 heteroatoms. The van der Waals surface area contributed by atoms with E-state index in [9.17, 15) is 0 Å². The summed E-state index contributed by atoms with van der Waals surface area (Å²) in [6.07, 6.45) is 0.475. The summed E-state index contributed by atoms with van der Waals surface area (Å²) in [4.78, 5) is 0. The maximum atomic E-state index is 8.37. The lowest BCUT2D eigenvalue weighted by Crippen LogP contribution is -1.74. The zero-order valence-corrected chi connectivity index (χ0v) is 8.88. The molecule has 0 aliphatic rings. The molecule has 0 saturated carbocycles. The van der Waals surface area contributed by atoms with Gasteiger partial charge < -0.3 is 0 Å². The zero-order valence-electron chi connectivity index (χ0n) is 4.90. The molecular weight excluding hydrogens is 278 g/mol. The first-order chi connectivity index (χ1) is 4.74. The summed E-state index contributed by atoms with van der Waals surface area (Å²) in [6.45, 7) is 0. The fourth-order valence-electron chi connectivity index (χ4n) is 0.580. The third-order valence-electron chi connectivity index (χ3n) is 0.997. The number of halogens is 2. The maximum absolute atomic E-state index is 8.37. The van der Waals surface area contributed by atoms with Gasteiger partial charge in [-0.1, -0.05) is 0 Å². The van der Waals surface area contributed by atoms with Crippen LogP contribution in [0.3, 0.4) is 0 Å². The van der Waals surface area contributed by atoms with Gasteiger partial charge in [-0.25, -0.2) is 0 Å². The van der Waals surface area contributed by atoms with Gasteiger partial charge in [0.15, 0.2) is 0 Å². The van der Waals surface area contributed by atoms with Crippen molar-refractivity contribution in [3.63, 3.8) is 0 Å². The smallest absolute Gasteiger partial charge is 0.0752 e. The maximum Gasteiger partial charge on any atom is 0.0752 e. The first-order valence-electron chi connectivity index (χ1n) is 2.54. The molecule has 0 amide bonds. The van der Waals surface area contributed by atoms with Crippen molar-refractivity contribution in [1.29, 1.82) is 5.26 Å². The van der Waals surface area contributed by atoms with E-state index in [1.165, 1.54) is 0 Å². The molecule has 10 heavy (non-hydrogen) atoms. The van der Waals surface area contributed by atoms with Crippen LogP contribution in [-0.4, -0.2) is 0 Å². The second-order valence-corrected chi connectivity index (χ2v) is 5.43. The molecule has 0 N–H and O–H groups in total. The van der Waals surface area contributed by atoms with Crippen LogP contribution in [0.2, 0.25) is 0 Å². The highest BCUT2D eigenvalue weighted by molar-refractivity contribution is 9.12. The van der Waals surface area contributed by atoms with E-state index in [0.717, 1.165) is 13.1 Å². The van der Waals surface area contributed by atoms with E-state index in [0.29, 0.717) is 6.42 Å². The molecule has 0 saturated heterocycles. The van der Waals surface area contributed by atoms with E-state index in [4.69, 9.17) is 5.26 Å². The van der Waals surface area contributed by atoms with E-state index in [1.54, 1.807) is 11.3 Å². The van der Waals surface area contributed by atoms with Crippen molar-refractivity contribution in [2.75, 3.05) is 0 Å². The Morgan fingerprint density at radius 1 is 1.60 bits per heavy atom. The molecule has 0 aromatic carbocycles. The average molecular weight is 281 g/mol. The van der Waals surface area contributed by atoms with E-state index < -0.39 is 0 Å². The van der Waals surface area contributed by atoms with Crippen LogP contribution in [0.4, 0.5) is 0 Å². The van der Waals surface area contributed by atoms with Crippen LogP contribution in [0.5, 0.6) is 0 Å². The van der Waals surface area contributed by atoms with Crippen molar-refractivity contribution < 1.29 is 0 Å². The molecule has 0 radical (unpaired) electrons. The van der Waals surface area contributed by atoms with Gasteiger partial charge in [0.05, 0.1) is 20.1 Å². The van der Waals surface area contributed by atoms with Crippen molar-refractivity contribution in [1.82, 2.24) is 0 Å². The SMILES string of the molecule is N#CCc1cc(Br)sc1Br. The van der Waals surface area contributed by atoms with Gasteiger partial charge in [0.25, 0.3) is 0 Å². The summed E-state index contributed by atoms with van der Waals surface area (Å²) in [5.41, 5.74) is 1.05. The third-order valence-corrected chi connectivity index (χ3v) is 3.46. The Bertz CT molecular complexity index is 274. The molecule has 52 valence electrons. The Morgan fingerprint density at radius 2 is 2.30 bits per heavy atom. The Morgan fingerprint density at radius 3 is 2.70 bits per heavy atom. The predicted molar refractivity (Wildman–Crippen MR) is 49.0 cm³/mol. The summed E-state index contributed by atoms with van der Waals surface area (Å²) in [7, 11) is 0. The van der Waals surface area contributed by atoms with Gasteiger partial charge in [0, 0.05) is 0 Å². The number of hydrogen-bond donors (Lipinski definition) is 0. The van der Waals surface area contributed by atoms with Gasteiger partial charge in [0.2, 0.25) is 0 Å². The minimum absolute atomic E-state index is 0.475. The monoisotopic (exact) mass is 279 g/mol. The fraction of sp³-hybridized carbons (Fsp3) is 0.167. The zero-order chi connectivity index (χ0) is 7.56. The Balaban J connectivity index is 2.94. The number of nitriles is 1. The van der Waals surface area contributed by atoms with Gasteiger partial charge in [-0.3, -0.25) is 0 Å². The number of thiophene rings is 1. The van der Waals surface area contributed by atoms with Crippen molar-refractivity contribution in [2.45, 2.75) is 6.42 Å². The molecule has 1 nitrogen and oxygen atoms in total. The Hall–Kier alpha value is 0.150. The predicted octanol–water partition coefficient (Wildman–Crippen LogP) is 3.34.